The van der Waals surface area contributed by atoms with Crippen LogP contribution in [0, 0.1) is 0 Å². The summed E-state index contributed by atoms with van der Waals surface area (Å²) in [6.45, 7) is 3.70. The molecule has 0 saturated carbocycles. The van der Waals surface area contributed by atoms with Gasteiger partial charge in [0.1, 0.15) is 16.4 Å². The number of anilines is 2. The van der Waals surface area contributed by atoms with Crippen LogP contribution in [0.3, 0.4) is 0 Å². The van der Waals surface area contributed by atoms with Crippen molar-refractivity contribution < 1.29 is 19.4 Å². The van der Waals surface area contributed by atoms with Gasteiger partial charge in [-0.1, -0.05) is 41.7 Å². The number of benzene rings is 1. The summed E-state index contributed by atoms with van der Waals surface area (Å²) in [5.41, 5.74) is 0.981. The maximum absolute atomic E-state index is 13.2. The van der Waals surface area contributed by atoms with E-state index >= 15 is 0 Å². The van der Waals surface area contributed by atoms with E-state index in [1.807, 2.05) is 11.8 Å². The molecule has 0 aliphatic carbocycles. The van der Waals surface area contributed by atoms with Gasteiger partial charge in [-0.2, -0.15) is 0 Å². The number of rotatable bonds is 10. The Balaban J connectivity index is 1.89. The minimum Gasteiger partial charge on any atom is -0.494 e. The van der Waals surface area contributed by atoms with Crippen LogP contribution in [0.1, 0.15) is 32.5 Å². The lowest BCUT2D eigenvalue weighted by Gasteiger charge is -2.18. The topological polar surface area (TPSA) is 104 Å². The number of ether oxygens (including phenoxy) is 1. The number of hydrogen-bond donors (Lipinski definition) is 3. The summed E-state index contributed by atoms with van der Waals surface area (Å²) in [7, 11) is 1.40. The molecule has 0 unspecified atom stereocenters. The maximum atomic E-state index is 13.2. The van der Waals surface area contributed by atoms with Crippen molar-refractivity contribution in [2.24, 2.45) is 0 Å². The predicted molar refractivity (Wildman–Crippen MR) is 141 cm³/mol. The zero-order valence-corrected chi connectivity index (χ0v) is 22.0. The van der Waals surface area contributed by atoms with Gasteiger partial charge < -0.3 is 20.5 Å². The molecule has 0 aliphatic rings. The molecule has 0 spiro atoms. The molecule has 0 atom stereocenters. The second-order valence-corrected chi connectivity index (χ2v) is 9.43. The number of carbonyl (C=O) groups excluding carboxylic acids is 2. The van der Waals surface area contributed by atoms with Gasteiger partial charge in [-0.15, -0.1) is 11.3 Å². The zero-order valence-electron chi connectivity index (χ0n) is 18.9. The smallest absolute Gasteiger partial charge is 0.267 e. The van der Waals surface area contributed by atoms with Gasteiger partial charge in [0.2, 0.25) is 0 Å². The second-order valence-electron chi connectivity index (χ2n) is 7.30. The van der Waals surface area contributed by atoms with Crippen molar-refractivity contribution in [1.29, 1.82) is 0 Å². The standard InChI is InChI=1S/C23H23Cl3N4O4S/c1-3-30(6-7-31)11-13-12-35-21(19(13)26)23(33)29-20-16(8-15(25)9-17(20)34-2)22(32)28-18-5-4-14(24)10-27-18/h4-5,8-10,12,31H,3,6-7,11H2,1-2H3,(H,29,33)(H,27,28,32). The summed E-state index contributed by atoms with van der Waals surface area (Å²) in [5.74, 6) is -0.592. The van der Waals surface area contributed by atoms with Gasteiger partial charge in [0.05, 0.1) is 35.0 Å². The van der Waals surface area contributed by atoms with Crippen LogP contribution >= 0.6 is 46.1 Å². The molecular formula is C23H23Cl3N4O4S. The Morgan fingerprint density at radius 1 is 1.14 bits per heavy atom. The summed E-state index contributed by atoms with van der Waals surface area (Å²) in [6, 6.07) is 6.04. The number of carbonyl (C=O) groups is 2. The molecule has 2 aromatic heterocycles. The van der Waals surface area contributed by atoms with Crippen molar-refractivity contribution in [1.82, 2.24) is 9.88 Å². The van der Waals surface area contributed by atoms with Gasteiger partial charge in [-0.05, 0) is 35.7 Å². The summed E-state index contributed by atoms with van der Waals surface area (Å²) >= 11 is 19.7. The number of aromatic nitrogens is 1. The SMILES string of the molecule is CCN(CCO)Cc1csc(C(=O)Nc2c(OC)cc(Cl)cc2C(=O)Nc2ccc(Cl)cn2)c1Cl. The number of likely N-dealkylation sites (N-methyl/N-ethyl adjacent to an activating group) is 1. The van der Waals surface area contributed by atoms with Crippen LogP contribution in [-0.2, 0) is 6.54 Å². The lowest BCUT2D eigenvalue weighted by atomic mass is 10.1. The highest BCUT2D eigenvalue weighted by molar-refractivity contribution is 7.13. The Morgan fingerprint density at radius 2 is 1.91 bits per heavy atom. The zero-order chi connectivity index (χ0) is 25.5. The number of aliphatic hydroxyl groups is 1. The summed E-state index contributed by atoms with van der Waals surface area (Å²) < 4.78 is 5.38. The van der Waals surface area contributed by atoms with Crippen molar-refractivity contribution in [3.8, 4) is 5.75 Å². The largest absolute Gasteiger partial charge is 0.494 e. The fourth-order valence-corrected chi connectivity index (χ4v) is 4.79. The average Bonchev–Trinajstić information content (AvgIpc) is 3.20. The van der Waals surface area contributed by atoms with E-state index in [1.54, 1.807) is 17.5 Å². The van der Waals surface area contributed by atoms with Crippen LogP contribution in [0.4, 0.5) is 11.5 Å². The monoisotopic (exact) mass is 556 g/mol. The molecule has 0 fully saturated rings. The van der Waals surface area contributed by atoms with Gasteiger partial charge >= 0.3 is 0 Å². The molecule has 35 heavy (non-hydrogen) atoms. The van der Waals surface area contributed by atoms with Crippen LogP contribution in [0.15, 0.2) is 35.8 Å². The summed E-state index contributed by atoms with van der Waals surface area (Å²) in [6.07, 6.45) is 1.40. The molecule has 12 heteroatoms. The number of thiophene rings is 1. The van der Waals surface area contributed by atoms with E-state index in [2.05, 4.69) is 15.6 Å². The first-order chi connectivity index (χ1) is 16.8. The molecule has 1 aromatic carbocycles. The van der Waals surface area contributed by atoms with E-state index in [9.17, 15) is 14.7 Å². The first kappa shape index (κ1) is 27.2. The Morgan fingerprint density at radius 3 is 2.54 bits per heavy atom. The second kappa shape index (κ2) is 12.5. The molecule has 3 aromatic rings. The minimum absolute atomic E-state index is 0.0235. The quantitative estimate of drug-likeness (QED) is 0.307. The summed E-state index contributed by atoms with van der Waals surface area (Å²) in [5, 5.41) is 17.4. The molecule has 3 rings (SSSR count). The van der Waals surface area contributed by atoms with Crippen LogP contribution < -0.4 is 15.4 Å². The first-order valence-corrected chi connectivity index (χ1v) is 12.5. The average molecular weight is 558 g/mol. The highest BCUT2D eigenvalue weighted by atomic mass is 35.5. The molecule has 3 N–H and O–H groups in total. The van der Waals surface area contributed by atoms with E-state index in [1.165, 1.54) is 36.8 Å². The molecule has 0 radical (unpaired) electrons. The molecule has 0 saturated heterocycles. The predicted octanol–water partition coefficient (Wildman–Crippen LogP) is 5.43. The van der Waals surface area contributed by atoms with Crippen molar-refractivity contribution in [3.05, 3.63) is 66.9 Å². The molecule has 0 bridgehead atoms. The van der Waals surface area contributed by atoms with Gasteiger partial charge in [0.15, 0.2) is 0 Å². The molecule has 2 heterocycles. The summed E-state index contributed by atoms with van der Waals surface area (Å²) in [4.78, 5) is 32.6. The number of halogens is 3. The van der Waals surface area contributed by atoms with Gasteiger partial charge in [0.25, 0.3) is 11.8 Å². The Kier molecular flexibility index (Phi) is 9.73. The van der Waals surface area contributed by atoms with Crippen molar-refractivity contribution in [3.63, 3.8) is 0 Å². The normalized spacial score (nSPS) is 10.9. The molecule has 8 nitrogen and oxygen atoms in total. The minimum atomic E-state index is -0.559. The Hall–Kier alpha value is -2.40. The van der Waals surface area contributed by atoms with Crippen molar-refractivity contribution in [2.45, 2.75) is 13.5 Å². The Bertz CT molecular complexity index is 1200. The maximum Gasteiger partial charge on any atom is 0.267 e. The van der Waals surface area contributed by atoms with Crippen molar-refractivity contribution >= 4 is 69.5 Å². The van der Waals surface area contributed by atoms with Crippen molar-refractivity contribution in [2.75, 3.05) is 37.4 Å². The lowest BCUT2D eigenvalue weighted by Crippen LogP contribution is -2.26. The molecule has 0 aliphatic heterocycles. The van der Waals surface area contributed by atoms with Crippen LogP contribution in [0.25, 0.3) is 0 Å². The van der Waals surface area contributed by atoms with Gasteiger partial charge in [-0.3, -0.25) is 14.5 Å². The van der Waals surface area contributed by atoms with E-state index in [0.717, 1.165) is 12.1 Å². The lowest BCUT2D eigenvalue weighted by molar-refractivity contribution is 0.102. The Labute approximate surface area is 221 Å². The highest BCUT2D eigenvalue weighted by Crippen LogP contribution is 2.35. The van der Waals surface area contributed by atoms with E-state index in [4.69, 9.17) is 39.5 Å². The fraction of sp³-hybridized carbons (Fsp3) is 0.261. The number of aliphatic hydroxyl groups excluding tert-OH is 1. The third kappa shape index (κ3) is 6.84. The van der Waals surface area contributed by atoms with E-state index < -0.39 is 11.8 Å². The number of pyridine rings is 1. The fourth-order valence-electron chi connectivity index (χ4n) is 3.23. The van der Waals surface area contributed by atoms with Crippen LogP contribution in [-0.4, -0.2) is 53.6 Å². The molecular weight excluding hydrogens is 535 g/mol. The third-order valence-electron chi connectivity index (χ3n) is 5.00. The van der Waals surface area contributed by atoms with Crippen LogP contribution in [0.5, 0.6) is 5.75 Å². The van der Waals surface area contributed by atoms with E-state index in [-0.39, 0.29) is 39.3 Å². The first-order valence-electron chi connectivity index (χ1n) is 10.5. The highest BCUT2D eigenvalue weighted by Gasteiger charge is 2.23. The van der Waals surface area contributed by atoms with Gasteiger partial charge in [-0.25, -0.2) is 4.98 Å². The molecule has 2 amide bonds. The van der Waals surface area contributed by atoms with E-state index in [0.29, 0.717) is 23.1 Å². The number of nitrogens with zero attached hydrogens (tertiary/aromatic N) is 2. The number of methoxy groups -OCH3 is 1. The number of amides is 2. The number of hydrogen-bond acceptors (Lipinski definition) is 7. The number of nitrogens with one attached hydrogen (secondary N) is 2. The third-order valence-corrected chi connectivity index (χ3v) is 7.02. The molecule has 186 valence electrons. The van der Waals surface area contributed by atoms with Gasteiger partial charge in [0, 0.05) is 30.4 Å². The van der Waals surface area contributed by atoms with Crippen LogP contribution in [0.2, 0.25) is 15.1 Å².